The van der Waals surface area contributed by atoms with Gasteiger partial charge in [0, 0.05) is 17.8 Å². The van der Waals surface area contributed by atoms with Gasteiger partial charge in [-0.1, -0.05) is 83.1 Å². The van der Waals surface area contributed by atoms with E-state index >= 15 is 0 Å². The molecule has 5 heteroatoms. The molecule has 6 fully saturated rings. The van der Waals surface area contributed by atoms with Crippen LogP contribution in [-0.2, 0) is 18.7 Å². The first-order valence-corrected chi connectivity index (χ1v) is 21.9. The van der Waals surface area contributed by atoms with Gasteiger partial charge in [-0.2, -0.15) is 0 Å². The van der Waals surface area contributed by atoms with Gasteiger partial charge < -0.3 is 13.9 Å². The molecule has 5 unspecified atom stereocenters. The van der Waals surface area contributed by atoms with Crippen LogP contribution in [-0.4, -0.2) is 38.7 Å². The summed E-state index contributed by atoms with van der Waals surface area (Å²) in [7, 11) is -1.95. The smallest absolute Gasteiger partial charge is 0.303 e. The zero-order valence-electron chi connectivity index (χ0n) is 31.6. The van der Waals surface area contributed by atoms with Crippen molar-refractivity contribution in [1.29, 1.82) is 0 Å². The summed E-state index contributed by atoms with van der Waals surface area (Å²) in [5.74, 6) is 3.18. The average Bonchev–Trinajstić information content (AvgIpc) is 3.59. The highest BCUT2D eigenvalue weighted by Gasteiger charge is 2.85. The third-order valence-corrected chi connectivity index (χ3v) is 21.8. The Kier molecular flexibility index (Phi) is 8.27. The first kappa shape index (κ1) is 34.5. The van der Waals surface area contributed by atoms with Gasteiger partial charge in [-0.05, 0) is 121 Å². The van der Waals surface area contributed by atoms with Gasteiger partial charge in [-0.3, -0.25) is 4.79 Å². The van der Waals surface area contributed by atoms with Crippen LogP contribution in [0.1, 0.15) is 141 Å². The molecule has 1 aliphatic heterocycles. The van der Waals surface area contributed by atoms with Crippen molar-refractivity contribution in [3.8, 4) is 0 Å². The lowest BCUT2D eigenvalue weighted by Gasteiger charge is -2.64. The summed E-state index contributed by atoms with van der Waals surface area (Å²) in [6.45, 7) is 31.1. The number of fused-ring (bicyclic) bond motifs is 4. The molecule has 0 aromatic rings. The van der Waals surface area contributed by atoms with Crippen molar-refractivity contribution in [2.45, 2.75) is 184 Å². The van der Waals surface area contributed by atoms with E-state index in [1.807, 2.05) is 0 Å². The van der Waals surface area contributed by atoms with Crippen molar-refractivity contribution < 1.29 is 18.7 Å². The number of rotatable bonds is 7. The van der Waals surface area contributed by atoms with Crippen LogP contribution in [0.15, 0.2) is 0 Å². The Balaban J connectivity index is 1.45. The molecule has 258 valence electrons. The van der Waals surface area contributed by atoms with E-state index in [1.54, 1.807) is 6.92 Å². The second kappa shape index (κ2) is 10.8. The van der Waals surface area contributed by atoms with Gasteiger partial charge in [0.25, 0.3) is 0 Å². The van der Waals surface area contributed by atoms with Crippen LogP contribution in [0.4, 0.5) is 0 Å². The van der Waals surface area contributed by atoms with Crippen molar-refractivity contribution >= 4 is 14.3 Å². The van der Waals surface area contributed by atoms with E-state index in [0.717, 1.165) is 18.3 Å². The molecule has 0 aromatic carbocycles. The standard InChI is InChI=1S/C40H70O4Si/c1-14-45(15-2,16-3)44-34-32-31(25(4)23-28(43-32)33(35(7,8)9)42-27(6)41)37(12)21-22-40-24-39(40)20-19-26(5)36(10,11)29(39)17-18-30(40)38(34,37)13/h25-26,28-34H,14-24H2,1-13H3/t25?,26-,28?,29-,30-,31?,32?,33-,34-,37+,38+,39?,40-/m0/s1. The first-order valence-electron chi connectivity index (χ1n) is 19.3. The maximum atomic E-state index is 12.4. The molecule has 0 bridgehead atoms. The molecule has 0 N–H and O–H groups in total. The van der Waals surface area contributed by atoms with Crippen LogP contribution < -0.4 is 0 Å². The normalized spacial score (nSPS) is 49.1. The van der Waals surface area contributed by atoms with Gasteiger partial charge in [-0.25, -0.2) is 0 Å². The van der Waals surface area contributed by atoms with E-state index in [2.05, 4.69) is 83.1 Å². The second-order valence-electron chi connectivity index (χ2n) is 19.7. The highest BCUT2D eigenvalue weighted by Crippen LogP contribution is 2.89. The lowest BCUT2D eigenvalue weighted by atomic mass is 9.41. The van der Waals surface area contributed by atoms with Crippen molar-refractivity contribution in [2.75, 3.05) is 0 Å². The van der Waals surface area contributed by atoms with Crippen LogP contribution >= 0.6 is 0 Å². The maximum absolute atomic E-state index is 12.4. The highest BCUT2D eigenvalue weighted by molar-refractivity contribution is 6.73. The Morgan fingerprint density at radius 3 is 2.09 bits per heavy atom. The quantitative estimate of drug-likeness (QED) is 0.205. The van der Waals surface area contributed by atoms with E-state index in [1.165, 1.54) is 63.1 Å². The summed E-state index contributed by atoms with van der Waals surface area (Å²) in [6, 6.07) is 3.52. The van der Waals surface area contributed by atoms with Crippen LogP contribution in [0.25, 0.3) is 0 Å². The van der Waals surface area contributed by atoms with E-state index in [9.17, 15) is 4.79 Å². The van der Waals surface area contributed by atoms with Gasteiger partial charge in [0.15, 0.2) is 8.32 Å². The SMILES string of the molecule is CC[Si](CC)(CC)O[C@H]1C2OC([C@H](OC(C)=O)C(C)(C)C)CC(C)C2[C@@]2(C)CC[C@@]34CC35CC[C@H](C)C(C)(C)[C@@H]5CC[C@H]4[C@]12C. The minimum absolute atomic E-state index is 0.0658. The van der Waals surface area contributed by atoms with E-state index in [-0.39, 0.29) is 46.6 Å². The molecule has 0 radical (unpaired) electrons. The van der Waals surface area contributed by atoms with Crippen LogP contribution in [0, 0.1) is 62.1 Å². The predicted molar refractivity (Wildman–Crippen MR) is 186 cm³/mol. The number of ether oxygens (including phenoxy) is 2. The van der Waals surface area contributed by atoms with Crippen LogP contribution in [0.3, 0.4) is 0 Å². The molecule has 0 aromatic heterocycles. The fourth-order valence-electron chi connectivity index (χ4n) is 14.1. The average molecular weight is 643 g/mol. The summed E-state index contributed by atoms with van der Waals surface area (Å²) in [6.07, 6.45) is 10.6. The molecule has 13 atom stereocenters. The van der Waals surface area contributed by atoms with Gasteiger partial charge >= 0.3 is 5.97 Å². The molecule has 2 spiro atoms. The van der Waals surface area contributed by atoms with Crippen molar-refractivity contribution in [3.63, 3.8) is 0 Å². The summed E-state index contributed by atoms with van der Waals surface area (Å²) in [5.41, 5.74) is 1.55. The second-order valence-corrected chi connectivity index (χ2v) is 24.4. The van der Waals surface area contributed by atoms with Gasteiger partial charge in [0.1, 0.15) is 6.10 Å². The lowest BCUT2D eigenvalue weighted by molar-refractivity contribution is -0.202. The van der Waals surface area contributed by atoms with E-state index in [4.69, 9.17) is 13.9 Å². The summed E-state index contributed by atoms with van der Waals surface area (Å²) in [5, 5.41) is 0. The zero-order valence-corrected chi connectivity index (χ0v) is 32.6. The Labute approximate surface area is 278 Å². The molecule has 5 saturated carbocycles. The Bertz CT molecular complexity index is 1150. The molecule has 5 aliphatic carbocycles. The fraction of sp³-hybridized carbons (Fsp3) is 0.975. The summed E-state index contributed by atoms with van der Waals surface area (Å²) < 4.78 is 21.5. The topological polar surface area (TPSA) is 44.8 Å². The third-order valence-electron chi connectivity index (χ3n) is 17.1. The number of hydrogen-bond acceptors (Lipinski definition) is 4. The minimum atomic E-state index is -1.95. The van der Waals surface area contributed by atoms with Crippen LogP contribution in [0.5, 0.6) is 0 Å². The summed E-state index contributed by atoms with van der Waals surface area (Å²) in [4.78, 5) is 12.4. The Morgan fingerprint density at radius 1 is 0.911 bits per heavy atom. The number of hydrogen-bond donors (Lipinski definition) is 0. The number of esters is 1. The van der Waals surface area contributed by atoms with E-state index < -0.39 is 8.32 Å². The zero-order chi connectivity index (χ0) is 33.2. The molecule has 6 aliphatic rings. The van der Waals surface area contributed by atoms with Gasteiger partial charge in [-0.15, -0.1) is 0 Å². The van der Waals surface area contributed by atoms with E-state index in [0.29, 0.717) is 34.0 Å². The molecule has 6 rings (SSSR count). The molecule has 1 heterocycles. The number of carbonyl (C=O) groups excluding carboxylic acids is 1. The Morgan fingerprint density at radius 2 is 1.51 bits per heavy atom. The largest absolute Gasteiger partial charge is 0.459 e. The third kappa shape index (κ3) is 4.49. The Hall–Kier alpha value is -0.393. The molecule has 45 heavy (non-hydrogen) atoms. The first-order chi connectivity index (χ1) is 20.8. The van der Waals surface area contributed by atoms with Crippen LogP contribution in [0.2, 0.25) is 18.1 Å². The van der Waals surface area contributed by atoms with Crippen molar-refractivity contribution in [3.05, 3.63) is 0 Å². The van der Waals surface area contributed by atoms with Crippen molar-refractivity contribution in [1.82, 2.24) is 0 Å². The lowest BCUT2D eigenvalue weighted by Crippen LogP contribution is -2.61. The van der Waals surface area contributed by atoms with Crippen molar-refractivity contribution in [2.24, 2.45) is 62.1 Å². The highest BCUT2D eigenvalue weighted by atomic mass is 28.4. The van der Waals surface area contributed by atoms with Gasteiger partial charge in [0.2, 0.25) is 0 Å². The molecule has 4 nitrogen and oxygen atoms in total. The van der Waals surface area contributed by atoms with Gasteiger partial charge in [0.05, 0.1) is 18.3 Å². The minimum Gasteiger partial charge on any atom is -0.459 e. The summed E-state index contributed by atoms with van der Waals surface area (Å²) >= 11 is 0. The molecular weight excluding hydrogens is 573 g/mol. The molecule has 1 saturated heterocycles. The number of carbonyl (C=O) groups is 1. The molecular formula is C40H70O4Si. The molecule has 0 amide bonds. The maximum Gasteiger partial charge on any atom is 0.303 e. The monoisotopic (exact) mass is 643 g/mol. The fourth-order valence-corrected chi connectivity index (χ4v) is 17.0. The predicted octanol–water partition coefficient (Wildman–Crippen LogP) is 10.4.